The SMILES string of the molecule is O=C(O[C@H]1[C@H](O)[C@@H](CO)O[CH][C@@H]1OC(=O)c1ccccc1)c1ccccc1. The van der Waals surface area contributed by atoms with E-state index in [1.807, 2.05) is 0 Å². The van der Waals surface area contributed by atoms with Crippen molar-refractivity contribution in [3.8, 4) is 0 Å². The molecule has 0 spiro atoms. The van der Waals surface area contributed by atoms with Gasteiger partial charge >= 0.3 is 11.9 Å². The van der Waals surface area contributed by atoms with Crippen LogP contribution < -0.4 is 0 Å². The molecule has 2 aromatic carbocycles. The van der Waals surface area contributed by atoms with Crippen LogP contribution in [0, 0.1) is 6.61 Å². The number of ether oxygens (including phenoxy) is 3. The number of aliphatic hydroxyl groups is 2. The minimum absolute atomic E-state index is 0.282. The van der Waals surface area contributed by atoms with E-state index in [1.54, 1.807) is 60.7 Å². The Balaban J connectivity index is 1.76. The minimum Gasteiger partial charge on any atom is -0.452 e. The fourth-order valence-electron chi connectivity index (χ4n) is 2.66. The Morgan fingerprint density at radius 3 is 1.93 bits per heavy atom. The van der Waals surface area contributed by atoms with Crippen LogP contribution in [0.5, 0.6) is 0 Å². The van der Waals surface area contributed by atoms with Gasteiger partial charge in [0, 0.05) is 0 Å². The Bertz CT molecular complexity index is 762. The van der Waals surface area contributed by atoms with Gasteiger partial charge in [-0.05, 0) is 24.3 Å². The third-order valence-corrected chi connectivity index (χ3v) is 4.11. The van der Waals surface area contributed by atoms with E-state index >= 15 is 0 Å². The standard InChI is InChI=1S/C20H19O7/c21-11-15-17(22)18(27-20(24)14-9-5-2-6-10-14)16(12-25-15)26-19(23)13-7-3-1-4-8-13/h1-10,12,15-18,21-22H,11H2/t15-,16+,17-,18-/m1/s1. The maximum Gasteiger partial charge on any atom is 0.338 e. The topological polar surface area (TPSA) is 102 Å². The summed E-state index contributed by atoms with van der Waals surface area (Å²) in [6, 6.07) is 16.5. The molecule has 7 heteroatoms. The second-order valence-corrected chi connectivity index (χ2v) is 5.96. The van der Waals surface area contributed by atoms with Crippen LogP contribution in [0.25, 0.3) is 0 Å². The number of carbonyl (C=O) groups is 2. The van der Waals surface area contributed by atoms with Gasteiger partial charge in [-0.3, -0.25) is 0 Å². The number of hydrogen-bond donors (Lipinski definition) is 2. The summed E-state index contributed by atoms with van der Waals surface area (Å²) >= 11 is 0. The van der Waals surface area contributed by atoms with Crippen LogP contribution in [-0.2, 0) is 14.2 Å². The molecule has 1 aliphatic rings. The molecule has 1 aliphatic heterocycles. The van der Waals surface area contributed by atoms with Gasteiger partial charge in [0.2, 0.25) is 0 Å². The van der Waals surface area contributed by atoms with Crippen molar-refractivity contribution in [2.45, 2.75) is 24.4 Å². The van der Waals surface area contributed by atoms with Gasteiger partial charge in [0.05, 0.1) is 17.7 Å². The molecule has 2 aromatic rings. The molecule has 1 saturated heterocycles. The van der Waals surface area contributed by atoms with Gasteiger partial charge in [0.25, 0.3) is 0 Å². The lowest BCUT2D eigenvalue weighted by molar-refractivity contribution is -0.172. The zero-order chi connectivity index (χ0) is 19.2. The number of rotatable bonds is 5. The van der Waals surface area contributed by atoms with Crippen molar-refractivity contribution >= 4 is 11.9 Å². The Labute approximate surface area is 156 Å². The van der Waals surface area contributed by atoms with Gasteiger partial charge in [0.1, 0.15) is 18.8 Å². The Morgan fingerprint density at radius 1 is 0.889 bits per heavy atom. The zero-order valence-corrected chi connectivity index (χ0v) is 14.3. The molecule has 4 atom stereocenters. The molecule has 141 valence electrons. The molecule has 0 amide bonds. The summed E-state index contributed by atoms with van der Waals surface area (Å²) in [5, 5.41) is 19.7. The van der Waals surface area contributed by atoms with E-state index in [9.17, 15) is 19.8 Å². The molecular formula is C20H19O7. The van der Waals surface area contributed by atoms with E-state index in [0.29, 0.717) is 5.56 Å². The summed E-state index contributed by atoms with van der Waals surface area (Å²) in [4.78, 5) is 24.7. The van der Waals surface area contributed by atoms with Crippen LogP contribution in [0.15, 0.2) is 60.7 Å². The predicted molar refractivity (Wildman–Crippen MR) is 93.6 cm³/mol. The van der Waals surface area contributed by atoms with Crippen molar-refractivity contribution in [1.29, 1.82) is 0 Å². The van der Waals surface area contributed by atoms with Gasteiger partial charge in [0.15, 0.2) is 12.2 Å². The first-order valence-corrected chi connectivity index (χ1v) is 8.40. The number of esters is 2. The van der Waals surface area contributed by atoms with E-state index in [0.717, 1.165) is 6.61 Å². The minimum atomic E-state index is -1.37. The molecule has 2 N–H and O–H groups in total. The Morgan fingerprint density at radius 2 is 1.41 bits per heavy atom. The maximum absolute atomic E-state index is 12.4. The predicted octanol–water partition coefficient (Wildman–Crippen LogP) is 1.35. The highest BCUT2D eigenvalue weighted by molar-refractivity contribution is 5.90. The summed E-state index contributed by atoms with van der Waals surface area (Å²) in [6.45, 7) is 0.661. The van der Waals surface area contributed by atoms with Gasteiger partial charge in [-0.25, -0.2) is 9.59 Å². The van der Waals surface area contributed by atoms with Crippen molar-refractivity contribution in [3.63, 3.8) is 0 Å². The van der Waals surface area contributed by atoms with Crippen LogP contribution in [0.2, 0.25) is 0 Å². The summed E-state index contributed by atoms with van der Waals surface area (Å²) < 4.78 is 15.9. The molecule has 0 aromatic heterocycles. The molecule has 0 aliphatic carbocycles. The molecule has 1 fully saturated rings. The summed E-state index contributed by atoms with van der Waals surface area (Å²) in [5.74, 6) is -1.34. The van der Waals surface area contributed by atoms with Crippen molar-refractivity contribution in [2.24, 2.45) is 0 Å². The normalized spacial score (nSPS) is 24.8. The Kier molecular flexibility index (Phi) is 6.18. The zero-order valence-electron chi connectivity index (χ0n) is 14.3. The third kappa shape index (κ3) is 4.51. The number of hydrogen-bond acceptors (Lipinski definition) is 7. The van der Waals surface area contributed by atoms with Gasteiger partial charge in [-0.1, -0.05) is 36.4 Å². The van der Waals surface area contributed by atoms with E-state index in [4.69, 9.17) is 14.2 Å². The number of aliphatic hydroxyl groups excluding tert-OH is 2. The smallest absolute Gasteiger partial charge is 0.338 e. The van der Waals surface area contributed by atoms with Crippen molar-refractivity contribution in [1.82, 2.24) is 0 Å². The second-order valence-electron chi connectivity index (χ2n) is 5.96. The summed E-state index contributed by atoms with van der Waals surface area (Å²) in [6.07, 6.45) is -4.73. The van der Waals surface area contributed by atoms with Crippen LogP contribution in [0.4, 0.5) is 0 Å². The maximum atomic E-state index is 12.4. The quantitative estimate of drug-likeness (QED) is 0.765. The Hall–Kier alpha value is -2.74. The van der Waals surface area contributed by atoms with E-state index in [2.05, 4.69) is 0 Å². The number of benzene rings is 2. The first-order valence-electron chi connectivity index (χ1n) is 8.40. The van der Waals surface area contributed by atoms with Crippen LogP contribution in [-0.4, -0.2) is 53.2 Å². The molecule has 1 heterocycles. The first kappa shape index (κ1) is 19.0. The first-order chi connectivity index (χ1) is 13.1. The van der Waals surface area contributed by atoms with Crippen LogP contribution in [0.1, 0.15) is 20.7 Å². The monoisotopic (exact) mass is 371 g/mol. The lowest BCUT2D eigenvalue weighted by Gasteiger charge is -2.38. The van der Waals surface area contributed by atoms with E-state index in [-0.39, 0.29) is 5.56 Å². The lowest BCUT2D eigenvalue weighted by Crippen LogP contribution is -2.55. The van der Waals surface area contributed by atoms with Gasteiger partial charge in [-0.15, -0.1) is 0 Å². The van der Waals surface area contributed by atoms with Gasteiger partial charge in [-0.2, -0.15) is 0 Å². The molecule has 0 unspecified atom stereocenters. The molecule has 3 rings (SSSR count). The molecular weight excluding hydrogens is 352 g/mol. The fraction of sp³-hybridized carbons (Fsp3) is 0.250. The third-order valence-electron chi connectivity index (χ3n) is 4.11. The molecule has 0 saturated carbocycles. The molecule has 7 nitrogen and oxygen atoms in total. The lowest BCUT2D eigenvalue weighted by atomic mass is 9.99. The fourth-order valence-corrected chi connectivity index (χ4v) is 2.66. The summed E-state index contributed by atoms with van der Waals surface area (Å²) in [7, 11) is 0. The van der Waals surface area contributed by atoms with Crippen molar-refractivity contribution in [3.05, 3.63) is 78.4 Å². The molecule has 27 heavy (non-hydrogen) atoms. The largest absolute Gasteiger partial charge is 0.452 e. The highest BCUT2D eigenvalue weighted by Gasteiger charge is 2.44. The van der Waals surface area contributed by atoms with Crippen LogP contribution in [0.3, 0.4) is 0 Å². The van der Waals surface area contributed by atoms with Crippen molar-refractivity contribution < 1.29 is 34.0 Å². The summed E-state index contributed by atoms with van der Waals surface area (Å²) in [5.41, 5.74) is 0.586. The van der Waals surface area contributed by atoms with Crippen LogP contribution >= 0.6 is 0 Å². The van der Waals surface area contributed by atoms with E-state index < -0.39 is 43.0 Å². The van der Waals surface area contributed by atoms with Gasteiger partial charge < -0.3 is 24.4 Å². The second kappa shape index (κ2) is 8.77. The number of carbonyl (C=O) groups excluding carboxylic acids is 2. The average molecular weight is 371 g/mol. The highest BCUT2D eigenvalue weighted by Crippen LogP contribution is 2.25. The van der Waals surface area contributed by atoms with Crippen molar-refractivity contribution in [2.75, 3.05) is 6.61 Å². The molecule has 0 bridgehead atoms. The molecule has 1 radical (unpaired) electrons. The van der Waals surface area contributed by atoms with E-state index in [1.165, 1.54) is 0 Å². The average Bonchev–Trinajstić information content (AvgIpc) is 2.72. The highest BCUT2D eigenvalue weighted by atomic mass is 16.6.